The second kappa shape index (κ2) is 9.45. The lowest BCUT2D eigenvalue weighted by atomic mass is 10.0. The van der Waals surface area contributed by atoms with Gasteiger partial charge in [0.2, 0.25) is 5.91 Å². The first-order chi connectivity index (χ1) is 15.2. The number of hydrogen-bond acceptors (Lipinski definition) is 5. The Balaban J connectivity index is 1.45. The molecule has 31 heavy (non-hydrogen) atoms. The maximum Gasteiger partial charge on any atom is 0.251 e. The van der Waals surface area contributed by atoms with Gasteiger partial charge in [0.15, 0.2) is 0 Å². The Bertz CT molecular complexity index is 1130. The SMILES string of the molecule is O=C(CC(NC(=O)c1ccccc1)c1ccccc1)Nc1ccc(-n2cnnn2)cc1. The molecule has 0 spiro atoms. The van der Waals surface area contributed by atoms with Gasteiger partial charge in [0.25, 0.3) is 5.91 Å². The third-order valence-corrected chi connectivity index (χ3v) is 4.70. The molecule has 1 unspecified atom stereocenters. The van der Waals surface area contributed by atoms with Crippen LogP contribution in [0, 0.1) is 0 Å². The number of carbonyl (C=O) groups excluding carboxylic acids is 2. The van der Waals surface area contributed by atoms with Gasteiger partial charge in [-0.25, -0.2) is 4.68 Å². The summed E-state index contributed by atoms with van der Waals surface area (Å²) in [7, 11) is 0. The van der Waals surface area contributed by atoms with Crippen LogP contribution in [0.4, 0.5) is 5.69 Å². The molecule has 3 aromatic carbocycles. The fourth-order valence-electron chi connectivity index (χ4n) is 3.14. The maximum absolute atomic E-state index is 12.7. The number of carbonyl (C=O) groups is 2. The van der Waals surface area contributed by atoms with Crippen molar-refractivity contribution < 1.29 is 9.59 Å². The highest BCUT2D eigenvalue weighted by molar-refractivity contribution is 5.95. The fourth-order valence-corrected chi connectivity index (χ4v) is 3.14. The van der Waals surface area contributed by atoms with E-state index in [9.17, 15) is 9.59 Å². The van der Waals surface area contributed by atoms with Crippen LogP contribution in [0.1, 0.15) is 28.4 Å². The van der Waals surface area contributed by atoms with Crippen molar-refractivity contribution in [2.75, 3.05) is 5.32 Å². The number of anilines is 1. The number of aromatic nitrogens is 4. The fraction of sp³-hybridized carbons (Fsp3) is 0.0870. The Labute approximate surface area is 178 Å². The molecular weight excluding hydrogens is 392 g/mol. The highest BCUT2D eigenvalue weighted by atomic mass is 16.2. The number of benzene rings is 3. The van der Waals surface area contributed by atoms with Crippen molar-refractivity contribution in [3.8, 4) is 5.69 Å². The number of nitrogens with one attached hydrogen (secondary N) is 2. The molecule has 0 aliphatic rings. The zero-order valence-electron chi connectivity index (χ0n) is 16.6. The number of rotatable bonds is 7. The summed E-state index contributed by atoms with van der Waals surface area (Å²) in [6.07, 6.45) is 1.59. The van der Waals surface area contributed by atoms with E-state index < -0.39 is 6.04 Å². The largest absolute Gasteiger partial charge is 0.345 e. The molecule has 1 aromatic heterocycles. The lowest BCUT2D eigenvalue weighted by Gasteiger charge is -2.19. The minimum atomic E-state index is -0.464. The summed E-state index contributed by atoms with van der Waals surface area (Å²) in [5.41, 5.74) is 2.82. The minimum absolute atomic E-state index is 0.0946. The van der Waals surface area contributed by atoms with Crippen molar-refractivity contribution >= 4 is 17.5 Å². The quantitative estimate of drug-likeness (QED) is 0.485. The van der Waals surface area contributed by atoms with E-state index in [1.165, 1.54) is 11.0 Å². The average Bonchev–Trinajstić information content (AvgIpc) is 3.35. The van der Waals surface area contributed by atoms with Crippen molar-refractivity contribution in [2.24, 2.45) is 0 Å². The molecule has 0 radical (unpaired) electrons. The number of hydrogen-bond donors (Lipinski definition) is 2. The average molecular weight is 412 g/mol. The molecule has 1 heterocycles. The van der Waals surface area contributed by atoms with Crippen molar-refractivity contribution in [3.63, 3.8) is 0 Å². The molecule has 4 rings (SSSR count). The molecule has 8 heteroatoms. The van der Waals surface area contributed by atoms with Crippen molar-refractivity contribution in [1.82, 2.24) is 25.5 Å². The summed E-state index contributed by atoms with van der Waals surface area (Å²) in [5, 5.41) is 16.9. The Morgan fingerprint density at radius 3 is 2.19 bits per heavy atom. The van der Waals surface area contributed by atoms with Gasteiger partial charge in [0.05, 0.1) is 18.2 Å². The second-order valence-corrected chi connectivity index (χ2v) is 6.86. The third kappa shape index (κ3) is 5.18. The normalized spacial score (nSPS) is 11.5. The van der Waals surface area contributed by atoms with Gasteiger partial charge in [-0.1, -0.05) is 48.5 Å². The molecule has 8 nitrogen and oxygen atoms in total. The van der Waals surface area contributed by atoms with Crippen LogP contribution in [0.5, 0.6) is 0 Å². The molecule has 0 aliphatic carbocycles. The molecule has 154 valence electrons. The van der Waals surface area contributed by atoms with Crippen LogP contribution in [0.2, 0.25) is 0 Å². The summed E-state index contributed by atoms with van der Waals surface area (Å²) >= 11 is 0. The predicted octanol–water partition coefficient (Wildman–Crippen LogP) is 3.16. The van der Waals surface area contributed by atoms with E-state index in [-0.39, 0.29) is 18.2 Å². The number of tetrazole rings is 1. The van der Waals surface area contributed by atoms with E-state index in [0.29, 0.717) is 11.3 Å². The molecule has 4 aromatic rings. The highest BCUT2D eigenvalue weighted by Crippen LogP contribution is 2.19. The van der Waals surface area contributed by atoms with Crippen LogP contribution < -0.4 is 10.6 Å². The Morgan fingerprint density at radius 1 is 0.871 bits per heavy atom. The topological polar surface area (TPSA) is 102 Å². The first kappa shape index (κ1) is 20.0. The molecule has 2 N–H and O–H groups in total. The van der Waals surface area contributed by atoms with Gasteiger partial charge in [-0.05, 0) is 52.4 Å². The van der Waals surface area contributed by atoms with Gasteiger partial charge < -0.3 is 10.6 Å². The van der Waals surface area contributed by atoms with E-state index >= 15 is 0 Å². The number of nitrogens with zero attached hydrogens (tertiary/aromatic N) is 4. The van der Waals surface area contributed by atoms with Crippen LogP contribution >= 0.6 is 0 Å². The summed E-state index contributed by atoms with van der Waals surface area (Å²) in [4.78, 5) is 25.4. The third-order valence-electron chi connectivity index (χ3n) is 4.70. The lowest BCUT2D eigenvalue weighted by molar-refractivity contribution is -0.116. The Morgan fingerprint density at radius 2 is 1.55 bits per heavy atom. The monoisotopic (exact) mass is 412 g/mol. The predicted molar refractivity (Wildman–Crippen MR) is 115 cm³/mol. The summed E-state index contributed by atoms with van der Waals surface area (Å²) in [5.74, 6) is -0.439. The van der Waals surface area contributed by atoms with Crippen molar-refractivity contribution in [1.29, 1.82) is 0 Å². The van der Waals surface area contributed by atoms with Crippen LogP contribution in [0.25, 0.3) is 5.69 Å². The second-order valence-electron chi connectivity index (χ2n) is 6.86. The molecule has 0 bridgehead atoms. The van der Waals surface area contributed by atoms with E-state index in [4.69, 9.17) is 0 Å². The molecule has 0 fully saturated rings. The first-order valence-electron chi connectivity index (χ1n) is 9.73. The van der Waals surface area contributed by atoms with Crippen LogP contribution in [-0.4, -0.2) is 32.0 Å². The lowest BCUT2D eigenvalue weighted by Crippen LogP contribution is -2.31. The van der Waals surface area contributed by atoms with Crippen molar-refractivity contribution in [3.05, 3.63) is 102 Å². The van der Waals surface area contributed by atoms with Crippen LogP contribution in [0.15, 0.2) is 91.3 Å². The van der Waals surface area contributed by atoms with Gasteiger partial charge in [-0.2, -0.15) is 0 Å². The van der Waals surface area contributed by atoms with Gasteiger partial charge in [-0.3, -0.25) is 9.59 Å². The van der Waals surface area contributed by atoms with E-state index in [2.05, 4.69) is 26.2 Å². The molecule has 1 atom stereocenters. The van der Waals surface area contributed by atoms with Crippen LogP contribution in [0.3, 0.4) is 0 Å². The summed E-state index contributed by atoms with van der Waals surface area (Å²) in [6, 6.07) is 25.1. The van der Waals surface area contributed by atoms with Crippen LogP contribution in [-0.2, 0) is 4.79 Å². The minimum Gasteiger partial charge on any atom is -0.345 e. The van der Waals surface area contributed by atoms with E-state index in [1.807, 2.05) is 36.4 Å². The number of amides is 2. The smallest absolute Gasteiger partial charge is 0.251 e. The Hall–Kier alpha value is -4.33. The van der Waals surface area contributed by atoms with Gasteiger partial charge in [0.1, 0.15) is 6.33 Å². The molecular formula is C23H20N6O2. The summed E-state index contributed by atoms with van der Waals surface area (Å²) in [6.45, 7) is 0. The maximum atomic E-state index is 12.7. The van der Waals surface area contributed by atoms with E-state index in [1.54, 1.807) is 48.5 Å². The standard InChI is InChI=1S/C23H20N6O2/c30-22(25-19-11-13-20(14-12-19)29-16-24-27-28-29)15-21(17-7-3-1-4-8-17)26-23(31)18-9-5-2-6-10-18/h1-14,16,21H,15H2,(H,25,30)(H,26,31). The van der Waals surface area contributed by atoms with Gasteiger partial charge >= 0.3 is 0 Å². The first-order valence-corrected chi connectivity index (χ1v) is 9.73. The summed E-state index contributed by atoms with van der Waals surface area (Å²) < 4.78 is 1.52. The zero-order chi connectivity index (χ0) is 21.5. The van der Waals surface area contributed by atoms with Gasteiger partial charge in [0, 0.05) is 11.3 Å². The molecule has 0 saturated carbocycles. The molecule has 2 amide bonds. The molecule has 0 saturated heterocycles. The Kier molecular flexibility index (Phi) is 6.08. The molecule has 0 aliphatic heterocycles. The van der Waals surface area contributed by atoms with Gasteiger partial charge in [-0.15, -0.1) is 5.10 Å². The van der Waals surface area contributed by atoms with E-state index in [0.717, 1.165) is 11.3 Å². The highest BCUT2D eigenvalue weighted by Gasteiger charge is 2.19. The zero-order valence-corrected chi connectivity index (χ0v) is 16.6. The van der Waals surface area contributed by atoms with Crippen molar-refractivity contribution in [2.45, 2.75) is 12.5 Å².